The van der Waals surface area contributed by atoms with E-state index in [1.165, 1.54) is 0 Å². The summed E-state index contributed by atoms with van der Waals surface area (Å²) in [6.07, 6.45) is 6.42. The Morgan fingerprint density at radius 2 is 2.23 bits per heavy atom. The molecule has 0 aromatic carbocycles. The summed E-state index contributed by atoms with van der Waals surface area (Å²) in [6, 6.07) is 2.08. The summed E-state index contributed by atoms with van der Waals surface area (Å²) in [5.41, 5.74) is 0. The number of nitriles is 1. The minimum Gasteiger partial charge on any atom is -0.363 e. The fraction of sp³-hybridized carbons (Fsp3) is 0.727. The molecular formula is C11H17NO. The van der Waals surface area contributed by atoms with E-state index < -0.39 is 0 Å². The van der Waals surface area contributed by atoms with Crippen LogP contribution in [-0.2, 0) is 4.74 Å². The number of rotatable bonds is 3. The van der Waals surface area contributed by atoms with Gasteiger partial charge < -0.3 is 4.74 Å². The second kappa shape index (κ2) is 5.04. The Morgan fingerprint density at radius 3 is 2.85 bits per heavy atom. The van der Waals surface area contributed by atoms with Crippen LogP contribution in [0, 0.1) is 23.2 Å². The number of hydrogen-bond donors (Lipinski definition) is 0. The van der Waals surface area contributed by atoms with Gasteiger partial charge in [0.15, 0.2) is 0 Å². The van der Waals surface area contributed by atoms with E-state index in [0.29, 0.717) is 11.8 Å². The highest BCUT2D eigenvalue weighted by molar-refractivity contribution is 4.93. The van der Waals surface area contributed by atoms with Crippen molar-refractivity contribution < 1.29 is 4.74 Å². The quantitative estimate of drug-likeness (QED) is 0.624. The highest BCUT2D eigenvalue weighted by Crippen LogP contribution is 2.25. The van der Waals surface area contributed by atoms with Crippen molar-refractivity contribution in [2.24, 2.45) is 11.8 Å². The summed E-state index contributed by atoms with van der Waals surface area (Å²) in [4.78, 5) is 0. The van der Waals surface area contributed by atoms with Crippen molar-refractivity contribution in [3.8, 4) is 6.07 Å². The van der Waals surface area contributed by atoms with Gasteiger partial charge in [-0.25, -0.2) is 0 Å². The largest absolute Gasteiger partial charge is 0.363 e. The molecule has 2 heteroatoms. The Morgan fingerprint density at radius 1 is 1.54 bits per heavy atom. The van der Waals surface area contributed by atoms with Crippen LogP contribution in [0.5, 0.6) is 0 Å². The molecule has 0 fully saturated rings. The van der Waals surface area contributed by atoms with Gasteiger partial charge >= 0.3 is 0 Å². The summed E-state index contributed by atoms with van der Waals surface area (Å²) in [5.74, 6) is 1.29. The summed E-state index contributed by atoms with van der Waals surface area (Å²) in [6.45, 7) is 4.76. The standard InChI is InChI=1S/C11H17NO/c1-9-5-3-4-6-11(9)8-13-10(2)7-12/h3-4,9-11H,5-6,8H2,1-2H3. The van der Waals surface area contributed by atoms with Gasteiger partial charge in [0.25, 0.3) is 0 Å². The lowest BCUT2D eigenvalue weighted by molar-refractivity contribution is 0.0545. The number of nitrogens with zero attached hydrogens (tertiary/aromatic N) is 1. The number of allylic oxidation sites excluding steroid dienone is 2. The summed E-state index contributed by atoms with van der Waals surface area (Å²) < 4.78 is 5.41. The lowest BCUT2D eigenvalue weighted by Gasteiger charge is -2.25. The Hall–Kier alpha value is -0.810. The molecule has 0 saturated carbocycles. The smallest absolute Gasteiger partial charge is 0.141 e. The Balaban J connectivity index is 2.29. The molecule has 0 radical (unpaired) electrons. The van der Waals surface area contributed by atoms with Crippen LogP contribution in [-0.4, -0.2) is 12.7 Å². The molecule has 0 aromatic rings. The third-order valence-electron chi connectivity index (χ3n) is 2.66. The number of ether oxygens (including phenoxy) is 1. The first kappa shape index (κ1) is 10.3. The fourth-order valence-corrected chi connectivity index (χ4v) is 1.54. The first-order valence-electron chi connectivity index (χ1n) is 4.90. The molecule has 3 unspecified atom stereocenters. The van der Waals surface area contributed by atoms with Crippen molar-refractivity contribution in [3.63, 3.8) is 0 Å². The molecule has 2 nitrogen and oxygen atoms in total. The lowest BCUT2D eigenvalue weighted by atomic mass is 9.85. The summed E-state index contributed by atoms with van der Waals surface area (Å²) >= 11 is 0. The molecule has 0 heterocycles. The average Bonchev–Trinajstić information content (AvgIpc) is 2.16. The van der Waals surface area contributed by atoms with E-state index in [9.17, 15) is 0 Å². The van der Waals surface area contributed by atoms with Gasteiger partial charge in [0, 0.05) is 0 Å². The van der Waals surface area contributed by atoms with Crippen molar-refractivity contribution in [1.82, 2.24) is 0 Å². The molecule has 0 amide bonds. The normalized spacial score (nSPS) is 29.6. The van der Waals surface area contributed by atoms with Crippen LogP contribution in [0.2, 0.25) is 0 Å². The molecule has 1 aliphatic carbocycles. The zero-order chi connectivity index (χ0) is 9.68. The first-order valence-corrected chi connectivity index (χ1v) is 4.90. The highest BCUT2D eigenvalue weighted by Gasteiger charge is 2.18. The molecule has 0 bridgehead atoms. The maximum atomic E-state index is 8.54. The third kappa shape index (κ3) is 3.20. The second-order valence-corrected chi connectivity index (χ2v) is 3.78. The molecule has 0 aliphatic heterocycles. The molecule has 0 spiro atoms. The van der Waals surface area contributed by atoms with E-state index in [-0.39, 0.29) is 6.10 Å². The Labute approximate surface area is 80.2 Å². The second-order valence-electron chi connectivity index (χ2n) is 3.78. The van der Waals surface area contributed by atoms with Crippen LogP contribution in [0.3, 0.4) is 0 Å². The van der Waals surface area contributed by atoms with Gasteiger partial charge in [-0.2, -0.15) is 5.26 Å². The van der Waals surface area contributed by atoms with Gasteiger partial charge in [0.2, 0.25) is 0 Å². The average molecular weight is 179 g/mol. The molecule has 1 rings (SSSR count). The van der Waals surface area contributed by atoms with Gasteiger partial charge in [-0.3, -0.25) is 0 Å². The van der Waals surface area contributed by atoms with Gasteiger partial charge in [0.1, 0.15) is 6.10 Å². The predicted molar refractivity (Wildman–Crippen MR) is 52.1 cm³/mol. The van der Waals surface area contributed by atoms with E-state index in [1.54, 1.807) is 6.92 Å². The van der Waals surface area contributed by atoms with Crippen LogP contribution in [0.15, 0.2) is 12.2 Å². The minimum atomic E-state index is -0.266. The van der Waals surface area contributed by atoms with Crippen molar-refractivity contribution in [2.45, 2.75) is 32.8 Å². The fourth-order valence-electron chi connectivity index (χ4n) is 1.54. The zero-order valence-corrected chi connectivity index (χ0v) is 8.36. The number of hydrogen-bond acceptors (Lipinski definition) is 2. The topological polar surface area (TPSA) is 33.0 Å². The zero-order valence-electron chi connectivity index (χ0n) is 8.36. The van der Waals surface area contributed by atoms with Gasteiger partial charge in [-0.15, -0.1) is 0 Å². The first-order chi connectivity index (χ1) is 6.24. The molecule has 3 atom stereocenters. The molecule has 0 N–H and O–H groups in total. The van der Waals surface area contributed by atoms with Crippen molar-refractivity contribution in [2.75, 3.05) is 6.61 Å². The van der Waals surface area contributed by atoms with Gasteiger partial charge in [-0.05, 0) is 31.6 Å². The maximum absolute atomic E-state index is 8.54. The maximum Gasteiger partial charge on any atom is 0.141 e. The molecule has 0 aromatic heterocycles. The van der Waals surface area contributed by atoms with E-state index >= 15 is 0 Å². The summed E-state index contributed by atoms with van der Waals surface area (Å²) in [5, 5.41) is 8.54. The minimum absolute atomic E-state index is 0.266. The van der Waals surface area contributed by atoms with Crippen molar-refractivity contribution in [1.29, 1.82) is 5.26 Å². The molecule has 1 aliphatic rings. The molecular weight excluding hydrogens is 162 g/mol. The molecule has 0 saturated heterocycles. The van der Waals surface area contributed by atoms with E-state index in [1.807, 2.05) is 0 Å². The molecule has 72 valence electrons. The van der Waals surface area contributed by atoms with E-state index in [0.717, 1.165) is 19.4 Å². The van der Waals surface area contributed by atoms with Crippen LogP contribution in [0.25, 0.3) is 0 Å². The summed E-state index contributed by atoms with van der Waals surface area (Å²) in [7, 11) is 0. The van der Waals surface area contributed by atoms with Gasteiger partial charge in [-0.1, -0.05) is 19.1 Å². The Bertz CT molecular complexity index is 217. The van der Waals surface area contributed by atoms with Crippen LogP contribution >= 0.6 is 0 Å². The monoisotopic (exact) mass is 179 g/mol. The highest BCUT2D eigenvalue weighted by atomic mass is 16.5. The van der Waals surface area contributed by atoms with Crippen LogP contribution in [0.1, 0.15) is 26.7 Å². The van der Waals surface area contributed by atoms with E-state index in [4.69, 9.17) is 10.00 Å². The van der Waals surface area contributed by atoms with Crippen LogP contribution in [0.4, 0.5) is 0 Å². The predicted octanol–water partition coefficient (Wildman–Crippen LogP) is 2.52. The third-order valence-corrected chi connectivity index (χ3v) is 2.66. The van der Waals surface area contributed by atoms with E-state index in [2.05, 4.69) is 25.1 Å². The SMILES string of the molecule is CC(C#N)OCC1CC=CCC1C. The van der Waals surface area contributed by atoms with Gasteiger partial charge in [0.05, 0.1) is 12.7 Å². The molecule has 13 heavy (non-hydrogen) atoms. The van der Waals surface area contributed by atoms with Crippen LogP contribution < -0.4 is 0 Å². The van der Waals surface area contributed by atoms with Crippen molar-refractivity contribution in [3.05, 3.63) is 12.2 Å². The van der Waals surface area contributed by atoms with Crippen molar-refractivity contribution >= 4 is 0 Å². The Kier molecular flexibility index (Phi) is 3.98. The lowest BCUT2D eigenvalue weighted by Crippen LogP contribution is -2.21.